The number of methoxy groups -OCH3 is 1. The van der Waals surface area contributed by atoms with E-state index < -0.39 is 11.7 Å². The number of hydrogen-bond donors (Lipinski definition) is 1. The third-order valence-corrected chi connectivity index (χ3v) is 7.34. The molecule has 1 aromatic heterocycles. The van der Waals surface area contributed by atoms with Crippen molar-refractivity contribution in [3.63, 3.8) is 0 Å². The van der Waals surface area contributed by atoms with Gasteiger partial charge in [0.1, 0.15) is 5.75 Å². The van der Waals surface area contributed by atoms with E-state index in [9.17, 15) is 13.2 Å². The Balaban J connectivity index is 1.10. The molecule has 1 saturated carbocycles. The molecule has 0 spiro atoms. The summed E-state index contributed by atoms with van der Waals surface area (Å²) in [5.41, 5.74) is 7.47. The zero-order valence-corrected chi connectivity index (χ0v) is 20.9. The van der Waals surface area contributed by atoms with Crippen LogP contribution in [0.5, 0.6) is 5.75 Å². The Bertz CT molecular complexity index is 1190. The predicted octanol–water partition coefficient (Wildman–Crippen LogP) is 3.86. The minimum Gasteiger partial charge on any atom is -0.497 e. The van der Waals surface area contributed by atoms with E-state index >= 15 is 0 Å². The second-order valence-corrected chi connectivity index (χ2v) is 10.1. The number of hydrogen-bond acceptors (Lipinski definition) is 7. The minimum absolute atomic E-state index is 0.153. The number of piperazine rings is 1. The molecule has 1 unspecified atom stereocenters. The van der Waals surface area contributed by atoms with E-state index in [1.54, 1.807) is 13.2 Å². The fraction of sp³-hybridized carbons (Fsp3) is 0.481. The van der Waals surface area contributed by atoms with Gasteiger partial charge in [-0.3, -0.25) is 9.80 Å². The lowest BCUT2D eigenvalue weighted by Crippen LogP contribution is -2.49. The molecule has 2 heterocycles. The van der Waals surface area contributed by atoms with Gasteiger partial charge in [0.15, 0.2) is 5.82 Å². The third-order valence-electron chi connectivity index (χ3n) is 7.34. The summed E-state index contributed by atoms with van der Waals surface area (Å²) in [6.07, 6.45) is -1.86. The van der Waals surface area contributed by atoms with Crippen LogP contribution in [0.4, 0.5) is 13.2 Å². The van der Waals surface area contributed by atoms with Gasteiger partial charge in [0.05, 0.1) is 18.1 Å². The summed E-state index contributed by atoms with van der Waals surface area (Å²) in [5.74, 6) is 2.07. The fourth-order valence-electron chi connectivity index (χ4n) is 5.06. The molecule has 10 heteroatoms. The molecular weight excluding hydrogens is 483 g/mol. The predicted molar refractivity (Wildman–Crippen MR) is 132 cm³/mol. The highest BCUT2D eigenvalue weighted by Gasteiger charge is 2.50. The van der Waals surface area contributed by atoms with Crippen LogP contribution in [0.15, 0.2) is 53.1 Å². The maximum Gasteiger partial charge on any atom is 0.416 e. The van der Waals surface area contributed by atoms with E-state index in [1.165, 1.54) is 12.1 Å². The van der Waals surface area contributed by atoms with Crippen molar-refractivity contribution < 1.29 is 22.4 Å². The van der Waals surface area contributed by atoms with Gasteiger partial charge in [-0.15, -0.1) is 0 Å². The molecule has 37 heavy (non-hydrogen) atoms. The van der Waals surface area contributed by atoms with Crippen molar-refractivity contribution in [3.8, 4) is 5.75 Å². The Hall–Kier alpha value is -2.95. The van der Waals surface area contributed by atoms with E-state index in [4.69, 9.17) is 15.0 Å². The van der Waals surface area contributed by atoms with Crippen molar-refractivity contribution in [2.24, 2.45) is 5.73 Å². The molecule has 7 nitrogen and oxygen atoms in total. The molecule has 3 aromatic rings. The van der Waals surface area contributed by atoms with Crippen LogP contribution < -0.4 is 10.5 Å². The molecule has 0 bridgehead atoms. The van der Waals surface area contributed by atoms with E-state index in [-0.39, 0.29) is 11.5 Å². The number of alkyl halides is 3. The number of aromatic nitrogens is 2. The fourth-order valence-corrected chi connectivity index (χ4v) is 5.06. The molecule has 1 aliphatic carbocycles. The van der Waals surface area contributed by atoms with Gasteiger partial charge in [0, 0.05) is 51.7 Å². The topological polar surface area (TPSA) is 80.6 Å². The van der Waals surface area contributed by atoms with Crippen molar-refractivity contribution in [2.45, 2.75) is 43.4 Å². The Kier molecular flexibility index (Phi) is 7.24. The van der Waals surface area contributed by atoms with Gasteiger partial charge < -0.3 is 15.0 Å². The molecule has 2 aromatic carbocycles. The smallest absolute Gasteiger partial charge is 0.416 e. The third kappa shape index (κ3) is 5.97. The van der Waals surface area contributed by atoms with Crippen LogP contribution in [0.25, 0.3) is 0 Å². The molecule has 5 rings (SSSR count). The van der Waals surface area contributed by atoms with Crippen molar-refractivity contribution in [1.82, 2.24) is 19.9 Å². The van der Waals surface area contributed by atoms with Gasteiger partial charge in [0.25, 0.3) is 0 Å². The van der Waals surface area contributed by atoms with E-state index in [0.29, 0.717) is 36.8 Å². The zero-order valence-electron chi connectivity index (χ0n) is 20.9. The summed E-state index contributed by atoms with van der Waals surface area (Å²) in [7, 11) is 1.65. The SMILES string of the molecule is COc1ccc(C2(c3noc(CC(N)CN4CCN(Cc5cccc(C(F)(F)F)c5)CC4)n3)CC2)cc1. The average Bonchev–Trinajstić information content (AvgIpc) is 3.57. The molecule has 198 valence electrons. The second-order valence-electron chi connectivity index (χ2n) is 10.1. The van der Waals surface area contributed by atoms with Crippen LogP contribution in [0.1, 0.15) is 41.2 Å². The second kappa shape index (κ2) is 10.4. The van der Waals surface area contributed by atoms with Crippen LogP contribution >= 0.6 is 0 Å². The quantitative estimate of drug-likeness (QED) is 0.464. The van der Waals surface area contributed by atoms with Crippen LogP contribution in [0.3, 0.4) is 0 Å². The lowest BCUT2D eigenvalue weighted by atomic mass is 9.95. The summed E-state index contributed by atoms with van der Waals surface area (Å²) in [6.45, 7) is 4.37. The Morgan fingerprint density at radius 3 is 2.41 bits per heavy atom. The van der Waals surface area contributed by atoms with Crippen LogP contribution in [0.2, 0.25) is 0 Å². The first-order valence-electron chi connectivity index (χ1n) is 12.6. The molecule has 1 atom stereocenters. The van der Waals surface area contributed by atoms with Gasteiger partial charge in [-0.25, -0.2) is 0 Å². The number of rotatable bonds is 9. The summed E-state index contributed by atoms with van der Waals surface area (Å²) >= 11 is 0. The van der Waals surface area contributed by atoms with Crippen molar-refractivity contribution >= 4 is 0 Å². The lowest BCUT2D eigenvalue weighted by molar-refractivity contribution is -0.137. The van der Waals surface area contributed by atoms with Crippen molar-refractivity contribution in [3.05, 3.63) is 76.9 Å². The summed E-state index contributed by atoms with van der Waals surface area (Å²) in [6, 6.07) is 13.4. The van der Waals surface area contributed by atoms with Gasteiger partial charge in [-0.2, -0.15) is 18.2 Å². The first kappa shape index (κ1) is 25.7. The van der Waals surface area contributed by atoms with Gasteiger partial charge >= 0.3 is 6.18 Å². The molecule has 1 saturated heterocycles. The zero-order chi connectivity index (χ0) is 26.0. The molecular formula is C27H32F3N5O2. The minimum atomic E-state index is -4.32. The Morgan fingerprint density at radius 2 is 1.76 bits per heavy atom. The largest absolute Gasteiger partial charge is 0.497 e. The molecule has 0 radical (unpaired) electrons. The first-order valence-corrected chi connectivity index (χ1v) is 12.6. The summed E-state index contributed by atoms with van der Waals surface area (Å²) in [5, 5.41) is 4.28. The number of ether oxygens (including phenoxy) is 1. The van der Waals surface area contributed by atoms with Crippen LogP contribution in [-0.4, -0.2) is 65.8 Å². The molecule has 1 aliphatic heterocycles. The number of nitrogens with two attached hydrogens (primary N) is 1. The lowest BCUT2D eigenvalue weighted by Gasteiger charge is -2.35. The molecule has 2 fully saturated rings. The summed E-state index contributed by atoms with van der Waals surface area (Å²) in [4.78, 5) is 9.14. The highest BCUT2D eigenvalue weighted by Crippen LogP contribution is 2.52. The normalized spacial score (nSPS) is 19.1. The van der Waals surface area contributed by atoms with Crippen molar-refractivity contribution in [1.29, 1.82) is 0 Å². The number of benzene rings is 2. The Morgan fingerprint density at radius 1 is 1.05 bits per heavy atom. The maximum atomic E-state index is 13.0. The van der Waals surface area contributed by atoms with Crippen LogP contribution in [0, 0.1) is 0 Å². The van der Waals surface area contributed by atoms with Gasteiger partial charge in [-0.1, -0.05) is 35.5 Å². The molecule has 2 N–H and O–H groups in total. The van der Waals surface area contributed by atoms with E-state index in [1.807, 2.05) is 12.1 Å². The molecule has 0 amide bonds. The number of nitrogens with zero attached hydrogens (tertiary/aromatic N) is 4. The monoisotopic (exact) mass is 515 g/mol. The number of halogens is 3. The summed E-state index contributed by atoms with van der Waals surface area (Å²) < 4.78 is 49.8. The van der Waals surface area contributed by atoms with Gasteiger partial charge in [-0.05, 0) is 42.2 Å². The Labute approximate surface area is 214 Å². The maximum absolute atomic E-state index is 13.0. The van der Waals surface area contributed by atoms with Gasteiger partial charge in [0.2, 0.25) is 5.89 Å². The first-order chi connectivity index (χ1) is 17.7. The van der Waals surface area contributed by atoms with E-state index in [0.717, 1.165) is 56.4 Å². The standard InChI is InChI=1S/C27H32F3N5O2/c1-36-23-7-5-20(6-8-23)26(9-10-26)25-32-24(37-33-25)16-22(31)18-35-13-11-34(12-14-35)17-19-3-2-4-21(15-19)27(28,29)30/h2-8,15,22H,9-14,16-18,31H2,1H3. The molecule has 2 aliphatic rings. The highest BCUT2D eigenvalue weighted by atomic mass is 19.4. The average molecular weight is 516 g/mol. The van der Waals surface area contributed by atoms with E-state index in [2.05, 4.69) is 32.1 Å². The van der Waals surface area contributed by atoms with Crippen LogP contribution in [-0.2, 0) is 24.6 Å². The highest BCUT2D eigenvalue weighted by molar-refractivity contribution is 5.41. The van der Waals surface area contributed by atoms with Crippen molar-refractivity contribution in [2.75, 3.05) is 39.8 Å².